The molecule has 2 aliphatic rings. The van der Waals surface area contributed by atoms with Crippen LogP contribution >= 0.6 is 0 Å². The molecule has 2 aromatic rings. The van der Waals surface area contributed by atoms with E-state index in [0.29, 0.717) is 17.9 Å². The second-order valence-corrected chi connectivity index (χ2v) is 6.78. The molecule has 1 aliphatic heterocycles. The van der Waals surface area contributed by atoms with Crippen LogP contribution in [0.2, 0.25) is 0 Å². The van der Waals surface area contributed by atoms with Crippen molar-refractivity contribution in [2.24, 2.45) is 7.05 Å². The maximum atomic E-state index is 12.8. The van der Waals surface area contributed by atoms with E-state index in [0.717, 1.165) is 30.5 Å². The van der Waals surface area contributed by atoms with Crippen LogP contribution in [-0.2, 0) is 11.8 Å². The summed E-state index contributed by atoms with van der Waals surface area (Å²) in [5.74, 6) is 0.550. The molecule has 4 rings (SSSR count). The lowest BCUT2D eigenvalue weighted by Crippen LogP contribution is -2.37. The van der Waals surface area contributed by atoms with E-state index in [1.165, 1.54) is 0 Å². The molecule has 1 saturated heterocycles. The highest BCUT2D eigenvalue weighted by atomic mass is 16.5. The predicted octanol–water partition coefficient (Wildman–Crippen LogP) is 2.53. The third-order valence-corrected chi connectivity index (χ3v) is 4.94. The zero-order chi connectivity index (χ0) is 17.4. The Kier molecular flexibility index (Phi) is 4.21. The molecule has 1 amide bonds. The second-order valence-electron chi connectivity index (χ2n) is 6.78. The van der Waals surface area contributed by atoms with Crippen LogP contribution in [0.25, 0.3) is 0 Å². The molecule has 1 aromatic carbocycles. The van der Waals surface area contributed by atoms with E-state index < -0.39 is 0 Å². The van der Waals surface area contributed by atoms with Gasteiger partial charge in [-0.05, 0) is 38.3 Å². The van der Waals surface area contributed by atoms with E-state index in [4.69, 9.17) is 9.47 Å². The Balaban J connectivity index is 1.51. The molecular weight excluding hydrogens is 318 g/mol. The first-order valence-corrected chi connectivity index (χ1v) is 8.80. The number of hydrogen-bond acceptors (Lipinski definition) is 4. The molecule has 25 heavy (non-hydrogen) atoms. The number of ether oxygens (including phenoxy) is 2. The summed E-state index contributed by atoms with van der Waals surface area (Å²) in [6, 6.07) is 7.37. The van der Waals surface area contributed by atoms with Crippen molar-refractivity contribution in [3.8, 4) is 5.75 Å². The van der Waals surface area contributed by atoms with Crippen molar-refractivity contribution in [2.75, 3.05) is 6.61 Å². The van der Waals surface area contributed by atoms with Crippen LogP contribution in [0, 0.1) is 6.92 Å². The number of rotatable bonds is 5. The van der Waals surface area contributed by atoms with Crippen LogP contribution in [0.15, 0.2) is 30.5 Å². The fourth-order valence-corrected chi connectivity index (χ4v) is 3.21. The molecule has 6 nitrogen and oxygen atoms in total. The minimum absolute atomic E-state index is 0.0654. The van der Waals surface area contributed by atoms with Gasteiger partial charge < -0.3 is 14.8 Å². The van der Waals surface area contributed by atoms with Gasteiger partial charge in [0.15, 0.2) is 0 Å². The second kappa shape index (κ2) is 6.52. The molecule has 1 saturated carbocycles. The Hall–Kier alpha value is -2.34. The lowest BCUT2D eigenvalue weighted by Gasteiger charge is -2.20. The first-order chi connectivity index (χ1) is 12.1. The van der Waals surface area contributed by atoms with Crippen LogP contribution < -0.4 is 10.1 Å². The summed E-state index contributed by atoms with van der Waals surface area (Å²) in [4.78, 5) is 12.8. The van der Waals surface area contributed by atoms with Gasteiger partial charge in [-0.25, -0.2) is 0 Å². The zero-order valence-corrected chi connectivity index (χ0v) is 14.6. The summed E-state index contributed by atoms with van der Waals surface area (Å²) >= 11 is 0. The fourth-order valence-electron chi connectivity index (χ4n) is 3.21. The van der Waals surface area contributed by atoms with Crippen molar-refractivity contribution < 1.29 is 14.3 Å². The van der Waals surface area contributed by atoms with Crippen molar-refractivity contribution in [1.29, 1.82) is 0 Å². The molecule has 2 fully saturated rings. The number of amides is 1. The number of carbonyl (C=O) groups excluding carboxylic acids is 1. The highest BCUT2D eigenvalue weighted by molar-refractivity contribution is 5.97. The largest absolute Gasteiger partial charge is 0.490 e. The van der Waals surface area contributed by atoms with Crippen molar-refractivity contribution in [1.82, 2.24) is 15.1 Å². The van der Waals surface area contributed by atoms with Crippen molar-refractivity contribution >= 4 is 5.91 Å². The monoisotopic (exact) mass is 341 g/mol. The summed E-state index contributed by atoms with van der Waals surface area (Å²) in [6.45, 7) is 2.64. The number of aryl methyl sites for hydroxylation is 1. The van der Waals surface area contributed by atoms with Gasteiger partial charge in [0, 0.05) is 24.9 Å². The highest BCUT2D eigenvalue weighted by Crippen LogP contribution is 2.32. The Labute approximate surface area is 147 Å². The van der Waals surface area contributed by atoms with Gasteiger partial charge in [0.25, 0.3) is 5.91 Å². The quantitative estimate of drug-likeness (QED) is 0.908. The average molecular weight is 341 g/mol. The Morgan fingerprint density at radius 2 is 2.12 bits per heavy atom. The lowest BCUT2D eigenvalue weighted by atomic mass is 10.0. The van der Waals surface area contributed by atoms with E-state index in [9.17, 15) is 4.79 Å². The standard InChI is InChI=1S/C19H23N3O3/c1-12-15(11-20-22(12)2)18-16(9-10-24-18)21-19(23)14-5-3-4-6-17(14)25-13-7-8-13/h3-6,11,13,16,18H,7-10H2,1-2H3,(H,21,23)/t16-,18+/m0/s1. The molecular formula is C19H23N3O3. The maximum Gasteiger partial charge on any atom is 0.255 e. The van der Waals surface area contributed by atoms with E-state index in [2.05, 4.69) is 10.4 Å². The van der Waals surface area contributed by atoms with Gasteiger partial charge in [0.05, 0.1) is 23.9 Å². The van der Waals surface area contributed by atoms with Crippen LogP contribution in [0.5, 0.6) is 5.75 Å². The summed E-state index contributed by atoms with van der Waals surface area (Å²) in [7, 11) is 1.91. The fraction of sp³-hybridized carbons (Fsp3) is 0.474. The molecule has 0 spiro atoms. The summed E-state index contributed by atoms with van der Waals surface area (Å²) in [5.41, 5.74) is 2.68. The topological polar surface area (TPSA) is 65.4 Å². The van der Waals surface area contributed by atoms with Crippen molar-refractivity contribution in [2.45, 2.75) is 44.4 Å². The minimum Gasteiger partial charge on any atom is -0.490 e. The van der Waals surface area contributed by atoms with Gasteiger partial charge in [-0.3, -0.25) is 9.48 Å². The summed E-state index contributed by atoms with van der Waals surface area (Å²) < 4.78 is 13.6. The molecule has 1 N–H and O–H groups in total. The number of aromatic nitrogens is 2. The van der Waals surface area contributed by atoms with Crippen molar-refractivity contribution in [3.63, 3.8) is 0 Å². The molecule has 2 heterocycles. The molecule has 0 radical (unpaired) electrons. The van der Waals surface area contributed by atoms with Gasteiger partial charge >= 0.3 is 0 Å². The summed E-state index contributed by atoms with van der Waals surface area (Å²) in [6.07, 6.45) is 4.85. The van der Waals surface area contributed by atoms with Crippen LogP contribution in [0.4, 0.5) is 0 Å². The van der Waals surface area contributed by atoms with Gasteiger partial charge in [0.2, 0.25) is 0 Å². The van der Waals surface area contributed by atoms with Gasteiger partial charge in [0.1, 0.15) is 11.9 Å². The first kappa shape index (κ1) is 16.1. The minimum atomic E-state index is -0.158. The first-order valence-electron chi connectivity index (χ1n) is 8.80. The van der Waals surface area contributed by atoms with E-state index in [1.807, 2.05) is 49.1 Å². The van der Waals surface area contributed by atoms with Crippen LogP contribution in [0.1, 0.15) is 47.0 Å². The van der Waals surface area contributed by atoms with E-state index in [1.54, 1.807) is 0 Å². The SMILES string of the molecule is Cc1c([C@H]2OCC[C@@H]2NC(=O)c2ccccc2OC2CC2)cnn1C. The lowest BCUT2D eigenvalue weighted by molar-refractivity contribution is 0.0816. The van der Waals surface area contributed by atoms with Crippen molar-refractivity contribution in [3.05, 3.63) is 47.3 Å². The highest BCUT2D eigenvalue weighted by Gasteiger charge is 2.34. The number of nitrogens with zero attached hydrogens (tertiary/aromatic N) is 2. The molecule has 6 heteroatoms. The molecule has 1 aromatic heterocycles. The Morgan fingerprint density at radius 3 is 2.84 bits per heavy atom. The predicted molar refractivity (Wildman–Crippen MR) is 92.6 cm³/mol. The van der Waals surface area contributed by atoms with Gasteiger partial charge in [-0.1, -0.05) is 12.1 Å². The molecule has 0 unspecified atom stereocenters. The molecule has 2 atom stereocenters. The third kappa shape index (κ3) is 3.26. The van der Waals surface area contributed by atoms with E-state index in [-0.39, 0.29) is 24.2 Å². The number of para-hydroxylation sites is 1. The molecule has 132 valence electrons. The Bertz CT molecular complexity index is 782. The van der Waals surface area contributed by atoms with Gasteiger partial charge in [-0.15, -0.1) is 0 Å². The molecule has 1 aliphatic carbocycles. The third-order valence-electron chi connectivity index (χ3n) is 4.94. The van der Waals surface area contributed by atoms with Crippen LogP contribution in [0.3, 0.4) is 0 Å². The number of benzene rings is 1. The smallest absolute Gasteiger partial charge is 0.255 e. The summed E-state index contributed by atoms with van der Waals surface area (Å²) in [5, 5.41) is 7.42. The number of carbonyl (C=O) groups is 1. The number of hydrogen-bond donors (Lipinski definition) is 1. The molecule has 0 bridgehead atoms. The number of nitrogens with one attached hydrogen (secondary N) is 1. The zero-order valence-electron chi connectivity index (χ0n) is 14.6. The maximum absolute atomic E-state index is 12.8. The Morgan fingerprint density at radius 1 is 1.32 bits per heavy atom. The van der Waals surface area contributed by atoms with E-state index >= 15 is 0 Å². The van der Waals surface area contributed by atoms with Gasteiger partial charge in [-0.2, -0.15) is 5.10 Å². The van der Waals surface area contributed by atoms with Crippen LogP contribution in [-0.4, -0.2) is 34.4 Å². The average Bonchev–Trinajstić information content (AvgIpc) is 3.22. The normalized spacial score (nSPS) is 22.8.